The van der Waals surface area contributed by atoms with Crippen molar-refractivity contribution in [2.75, 3.05) is 19.8 Å². The van der Waals surface area contributed by atoms with Gasteiger partial charge in [-0.2, -0.15) is 4.90 Å². The maximum Gasteiger partial charge on any atom is 0.424 e. The van der Waals surface area contributed by atoms with Crippen LogP contribution in [0.2, 0.25) is 0 Å². The van der Waals surface area contributed by atoms with Gasteiger partial charge in [0.2, 0.25) is 11.8 Å². The number of carbonyl (C=O) groups is 4. The summed E-state index contributed by atoms with van der Waals surface area (Å²) in [7, 11) is 0. The molecule has 0 bridgehead atoms. The number of Topliss-reactive ketones (excluding diaryl/α,β-unsaturated/α-hetero) is 1. The van der Waals surface area contributed by atoms with Gasteiger partial charge in [0.05, 0.1) is 12.5 Å². The van der Waals surface area contributed by atoms with Crippen LogP contribution in [0.25, 0.3) is 0 Å². The number of nitrogens with zero attached hydrogens (tertiary/aromatic N) is 1. The van der Waals surface area contributed by atoms with Crippen molar-refractivity contribution in [3.05, 3.63) is 29.8 Å². The summed E-state index contributed by atoms with van der Waals surface area (Å²) in [5.41, 5.74) is -0.117. The van der Waals surface area contributed by atoms with E-state index in [1.165, 1.54) is 6.92 Å². The molecule has 1 saturated heterocycles. The van der Waals surface area contributed by atoms with Crippen molar-refractivity contribution in [2.24, 2.45) is 0 Å². The summed E-state index contributed by atoms with van der Waals surface area (Å²) in [6.45, 7) is 7.09. The van der Waals surface area contributed by atoms with Crippen molar-refractivity contribution in [3.8, 4) is 5.75 Å². The first kappa shape index (κ1) is 22.5. The molecule has 8 nitrogen and oxygen atoms in total. The summed E-state index contributed by atoms with van der Waals surface area (Å²) in [6.07, 6.45) is -0.528. The fourth-order valence-corrected chi connectivity index (χ4v) is 2.82. The van der Waals surface area contributed by atoms with Gasteiger partial charge in [0.1, 0.15) is 24.6 Å². The summed E-state index contributed by atoms with van der Waals surface area (Å²) in [5, 5.41) is 0. The number of carbonyl (C=O) groups excluding carboxylic acids is 4. The van der Waals surface area contributed by atoms with Gasteiger partial charge in [0.25, 0.3) is 0 Å². The molecule has 1 atom stereocenters. The van der Waals surface area contributed by atoms with Crippen LogP contribution in [0.3, 0.4) is 0 Å². The topological polar surface area (TPSA) is 99.2 Å². The van der Waals surface area contributed by atoms with Gasteiger partial charge in [0.15, 0.2) is 5.78 Å². The van der Waals surface area contributed by atoms with Crippen molar-refractivity contribution in [1.29, 1.82) is 0 Å². The Morgan fingerprint density at radius 2 is 1.76 bits per heavy atom. The van der Waals surface area contributed by atoms with Crippen molar-refractivity contribution < 1.29 is 33.4 Å². The number of hydrogen-bond acceptors (Lipinski definition) is 7. The molecule has 29 heavy (non-hydrogen) atoms. The van der Waals surface area contributed by atoms with Crippen molar-refractivity contribution >= 4 is 23.7 Å². The molecular weight excluding hydrogens is 378 g/mol. The lowest BCUT2D eigenvalue weighted by Gasteiger charge is -2.31. The number of ether oxygens (including phenoxy) is 3. The molecule has 1 fully saturated rings. The first-order chi connectivity index (χ1) is 13.6. The molecule has 1 heterocycles. The molecule has 2 rings (SSSR count). The van der Waals surface area contributed by atoms with E-state index in [4.69, 9.17) is 14.2 Å². The monoisotopic (exact) mass is 405 g/mol. The highest BCUT2D eigenvalue weighted by Crippen LogP contribution is 2.31. The van der Waals surface area contributed by atoms with Gasteiger partial charge in [-0.1, -0.05) is 12.1 Å². The third-order valence-electron chi connectivity index (χ3n) is 4.08. The Labute approximate surface area is 170 Å². The van der Waals surface area contributed by atoms with E-state index in [9.17, 15) is 19.2 Å². The molecule has 1 aliphatic heterocycles. The third-order valence-corrected chi connectivity index (χ3v) is 4.08. The van der Waals surface area contributed by atoms with E-state index in [1.54, 1.807) is 45.0 Å². The molecule has 158 valence electrons. The van der Waals surface area contributed by atoms with Gasteiger partial charge in [-0.05, 0) is 51.8 Å². The summed E-state index contributed by atoms with van der Waals surface area (Å²) < 4.78 is 15.8. The fraction of sp³-hybridized carbons (Fsp3) is 0.524. The highest BCUT2D eigenvalue weighted by atomic mass is 16.6. The second kappa shape index (κ2) is 9.65. The highest BCUT2D eigenvalue weighted by Gasteiger charge is 2.41. The predicted molar refractivity (Wildman–Crippen MR) is 103 cm³/mol. The van der Waals surface area contributed by atoms with Gasteiger partial charge in [-0.25, -0.2) is 4.79 Å². The quantitative estimate of drug-likeness (QED) is 0.508. The molecule has 1 aliphatic rings. The number of imide groups is 3. The van der Waals surface area contributed by atoms with Crippen molar-refractivity contribution in [2.45, 2.75) is 52.1 Å². The summed E-state index contributed by atoms with van der Waals surface area (Å²) in [6, 6.07) is 6.89. The van der Waals surface area contributed by atoms with Crippen LogP contribution >= 0.6 is 0 Å². The first-order valence-corrected chi connectivity index (χ1v) is 9.48. The number of amides is 3. The highest BCUT2D eigenvalue weighted by molar-refractivity contribution is 6.12. The van der Waals surface area contributed by atoms with Crippen LogP contribution < -0.4 is 4.74 Å². The molecule has 0 aliphatic carbocycles. The van der Waals surface area contributed by atoms with Crippen LogP contribution in [-0.4, -0.2) is 54.0 Å². The maximum absolute atomic E-state index is 12.8. The van der Waals surface area contributed by atoms with Crippen LogP contribution in [0.1, 0.15) is 52.0 Å². The largest absolute Gasteiger partial charge is 0.491 e. The molecule has 1 unspecified atom stereocenters. The lowest BCUT2D eigenvalue weighted by Crippen LogP contribution is -2.49. The number of benzene rings is 1. The van der Waals surface area contributed by atoms with E-state index >= 15 is 0 Å². The van der Waals surface area contributed by atoms with E-state index < -0.39 is 29.4 Å². The molecule has 0 spiro atoms. The van der Waals surface area contributed by atoms with Crippen molar-refractivity contribution in [1.82, 2.24) is 4.90 Å². The molecule has 8 heteroatoms. The summed E-state index contributed by atoms with van der Waals surface area (Å²) >= 11 is 0. The first-order valence-electron chi connectivity index (χ1n) is 9.48. The average Bonchev–Trinajstić information content (AvgIpc) is 2.60. The van der Waals surface area contributed by atoms with Gasteiger partial charge in [-0.3, -0.25) is 14.4 Å². The SMILES string of the molecule is CC(=O)COCCOc1ccc(C2CCC(=O)N(C(=O)OC(C)(C)C)C2=O)cc1. The standard InChI is InChI=1S/C21H27NO7/c1-14(23)13-27-11-12-28-16-7-5-15(6-8-16)17-9-10-18(24)22(19(17)25)20(26)29-21(2,3)4/h5-8,17H,9-13H2,1-4H3. The Kier molecular flexibility index (Phi) is 7.50. The minimum Gasteiger partial charge on any atom is -0.491 e. The lowest BCUT2D eigenvalue weighted by molar-refractivity contribution is -0.147. The smallest absolute Gasteiger partial charge is 0.424 e. The Morgan fingerprint density at radius 1 is 1.10 bits per heavy atom. The van der Waals surface area contributed by atoms with Crippen LogP contribution in [0.15, 0.2) is 24.3 Å². The van der Waals surface area contributed by atoms with E-state index in [1.807, 2.05) is 0 Å². The molecular formula is C21H27NO7. The number of hydrogen-bond donors (Lipinski definition) is 0. The van der Waals surface area contributed by atoms with Crippen LogP contribution in [0.4, 0.5) is 4.79 Å². The molecule has 1 aromatic rings. The van der Waals surface area contributed by atoms with E-state index in [0.717, 1.165) is 0 Å². The van der Waals surface area contributed by atoms with Crippen LogP contribution in [-0.2, 0) is 23.9 Å². The summed E-state index contributed by atoms with van der Waals surface area (Å²) in [5.74, 6) is -1.20. The Balaban J connectivity index is 1.98. The summed E-state index contributed by atoms with van der Waals surface area (Å²) in [4.78, 5) is 48.6. The van der Waals surface area contributed by atoms with Gasteiger partial charge < -0.3 is 14.2 Å². The number of piperidine rings is 1. The van der Waals surface area contributed by atoms with Gasteiger partial charge in [-0.15, -0.1) is 0 Å². The number of rotatable bonds is 7. The van der Waals surface area contributed by atoms with Gasteiger partial charge >= 0.3 is 6.09 Å². The lowest BCUT2D eigenvalue weighted by atomic mass is 9.89. The van der Waals surface area contributed by atoms with E-state index in [2.05, 4.69) is 0 Å². The van der Waals surface area contributed by atoms with Crippen LogP contribution in [0, 0.1) is 0 Å². The molecule has 1 aromatic carbocycles. The minimum absolute atomic E-state index is 0.0505. The van der Waals surface area contributed by atoms with Crippen molar-refractivity contribution in [3.63, 3.8) is 0 Å². The normalized spacial score (nSPS) is 17.2. The number of ketones is 1. The Hall–Kier alpha value is -2.74. The van der Waals surface area contributed by atoms with Crippen LogP contribution in [0.5, 0.6) is 5.75 Å². The predicted octanol–water partition coefficient (Wildman–Crippen LogP) is 2.84. The Morgan fingerprint density at radius 3 is 2.34 bits per heavy atom. The molecule has 3 amide bonds. The Bertz CT molecular complexity index is 764. The molecule has 0 radical (unpaired) electrons. The second-order valence-corrected chi connectivity index (χ2v) is 7.81. The molecule has 0 N–H and O–H groups in total. The minimum atomic E-state index is -0.942. The average molecular weight is 405 g/mol. The molecule has 0 saturated carbocycles. The maximum atomic E-state index is 12.8. The fourth-order valence-electron chi connectivity index (χ4n) is 2.82. The van der Waals surface area contributed by atoms with E-state index in [-0.39, 0.29) is 32.0 Å². The third kappa shape index (κ3) is 6.67. The zero-order chi connectivity index (χ0) is 21.6. The number of likely N-dealkylation sites (tertiary alicyclic amines) is 1. The second-order valence-electron chi connectivity index (χ2n) is 7.81. The van der Waals surface area contributed by atoms with E-state index in [0.29, 0.717) is 22.6 Å². The zero-order valence-corrected chi connectivity index (χ0v) is 17.2. The zero-order valence-electron chi connectivity index (χ0n) is 17.2. The molecule has 0 aromatic heterocycles. The van der Waals surface area contributed by atoms with Gasteiger partial charge in [0, 0.05) is 6.42 Å².